The lowest BCUT2D eigenvalue weighted by atomic mass is 10.1. The number of benzene rings is 1. The second-order valence-electron chi connectivity index (χ2n) is 3.19. The topological polar surface area (TPSA) is 61.2 Å². The summed E-state index contributed by atoms with van der Waals surface area (Å²) in [5.74, 6) is 0. The van der Waals surface area contributed by atoms with Crippen molar-refractivity contribution < 1.29 is 8.42 Å². The Hall–Kier alpha value is -1.54. The highest BCUT2D eigenvalue weighted by atomic mass is 32.2. The van der Waals surface area contributed by atoms with Crippen molar-refractivity contribution >= 4 is 15.7 Å². The van der Waals surface area contributed by atoms with E-state index in [1.54, 1.807) is 24.3 Å². The van der Waals surface area contributed by atoms with E-state index in [-0.39, 0.29) is 6.42 Å². The number of hydrogen-bond donors (Lipinski definition) is 0. The van der Waals surface area contributed by atoms with Gasteiger partial charge in [-0.3, -0.25) is 4.31 Å². The fourth-order valence-electron chi connectivity index (χ4n) is 1.23. The molecule has 1 aromatic rings. The van der Waals surface area contributed by atoms with E-state index in [4.69, 9.17) is 5.26 Å². The molecule has 15 heavy (non-hydrogen) atoms. The normalized spacial score (nSPS) is 10.7. The molecule has 0 saturated carbocycles. The lowest BCUT2D eigenvalue weighted by Gasteiger charge is -2.19. The van der Waals surface area contributed by atoms with Gasteiger partial charge in [-0.1, -0.05) is 18.2 Å². The summed E-state index contributed by atoms with van der Waals surface area (Å²) in [6, 6.07) is 8.98. The molecule has 80 valence electrons. The first-order valence-electron chi connectivity index (χ1n) is 4.35. The van der Waals surface area contributed by atoms with Gasteiger partial charge in [-0.2, -0.15) is 5.26 Å². The fraction of sp³-hybridized carbons (Fsp3) is 0.300. The molecule has 0 aliphatic heterocycles. The molecule has 0 bridgehead atoms. The Labute approximate surface area is 89.8 Å². The van der Waals surface area contributed by atoms with Gasteiger partial charge >= 0.3 is 0 Å². The van der Waals surface area contributed by atoms with Crippen molar-refractivity contribution in [2.75, 3.05) is 17.6 Å². The largest absolute Gasteiger partial charge is 0.273 e. The third kappa shape index (κ3) is 2.70. The van der Waals surface area contributed by atoms with Gasteiger partial charge in [0.05, 0.1) is 24.4 Å². The van der Waals surface area contributed by atoms with Crippen LogP contribution in [-0.2, 0) is 16.4 Å². The maximum absolute atomic E-state index is 11.3. The minimum Gasteiger partial charge on any atom is -0.273 e. The zero-order valence-electron chi connectivity index (χ0n) is 8.64. The number of para-hydroxylation sites is 1. The molecular formula is C10H12N2O2S. The van der Waals surface area contributed by atoms with E-state index in [9.17, 15) is 8.42 Å². The summed E-state index contributed by atoms with van der Waals surface area (Å²) in [5, 5.41) is 8.61. The number of nitriles is 1. The van der Waals surface area contributed by atoms with Gasteiger partial charge in [0.2, 0.25) is 10.0 Å². The number of sulfonamides is 1. The summed E-state index contributed by atoms with van der Waals surface area (Å²) in [4.78, 5) is 0. The molecule has 0 aliphatic rings. The maximum Gasteiger partial charge on any atom is 0.232 e. The molecule has 0 heterocycles. The first-order chi connectivity index (χ1) is 6.96. The van der Waals surface area contributed by atoms with Crippen molar-refractivity contribution in [2.24, 2.45) is 0 Å². The van der Waals surface area contributed by atoms with Gasteiger partial charge in [0.25, 0.3) is 0 Å². The zero-order chi connectivity index (χ0) is 11.5. The molecule has 1 aromatic carbocycles. The first-order valence-corrected chi connectivity index (χ1v) is 6.20. The summed E-state index contributed by atoms with van der Waals surface area (Å²) in [6.45, 7) is 0. The lowest BCUT2D eigenvalue weighted by molar-refractivity contribution is 0.600. The van der Waals surface area contributed by atoms with Crippen molar-refractivity contribution in [3.63, 3.8) is 0 Å². The predicted molar refractivity (Wildman–Crippen MR) is 59.0 cm³/mol. The molecule has 0 radical (unpaired) electrons. The minimum absolute atomic E-state index is 0.204. The van der Waals surface area contributed by atoms with E-state index in [0.29, 0.717) is 11.3 Å². The lowest BCUT2D eigenvalue weighted by Crippen LogP contribution is -2.25. The third-order valence-electron chi connectivity index (χ3n) is 2.10. The van der Waals surface area contributed by atoms with Crippen LogP contribution in [0.4, 0.5) is 5.69 Å². The standard InChI is InChI=1S/C10H12N2O2S/c1-12(15(2,13)14)10-6-4-3-5-9(10)7-8-11/h3-6H,7H2,1-2H3. The molecule has 0 atom stereocenters. The van der Waals surface area contributed by atoms with E-state index in [1.165, 1.54) is 11.4 Å². The van der Waals surface area contributed by atoms with E-state index in [1.807, 2.05) is 6.07 Å². The summed E-state index contributed by atoms with van der Waals surface area (Å²) in [6.07, 6.45) is 1.34. The summed E-state index contributed by atoms with van der Waals surface area (Å²) >= 11 is 0. The number of rotatable bonds is 3. The van der Waals surface area contributed by atoms with Gasteiger partial charge in [-0.05, 0) is 11.6 Å². The molecule has 1 rings (SSSR count). The van der Waals surface area contributed by atoms with Crippen LogP contribution in [0.5, 0.6) is 0 Å². The molecule has 0 N–H and O–H groups in total. The molecule has 0 aromatic heterocycles. The van der Waals surface area contributed by atoms with E-state index in [0.717, 1.165) is 6.26 Å². The Morgan fingerprint density at radius 3 is 2.53 bits per heavy atom. The molecule has 5 heteroatoms. The number of nitrogens with zero attached hydrogens (tertiary/aromatic N) is 2. The van der Waals surface area contributed by atoms with Crippen LogP contribution in [0.1, 0.15) is 5.56 Å². The minimum atomic E-state index is -3.27. The van der Waals surface area contributed by atoms with Gasteiger partial charge in [-0.25, -0.2) is 8.42 Å². The fourth-order valence-corrected chi connectivity index (χ4v) is 1.77. The van der Waals surface area contributed by atoms with Crippen molar-refractivity contribution in [2.45, 2.75) is 6.42 Å². The quantitative estimate of drug-likeness (QED) is 0.773. The van der Waals surface area contributed by atoms with Crippen LogP contribution >= 0.6 is 0 Å². The highest BCUT2D eigenvalue weighted by Crippen LogP contribution is 2.21. The molecular weight excluding hydrogens is 212 g/mol. The average molecular weight is 224 g/mol. The summed E-state index contributed by atoms with van der Waals surface area (Å²) < 4.78 is 23.8. The molecule has 0 fully saturated rings. The molecule has 0 spiro atoms. The first kappa shape index (κ1) is 11.5. The second-order valence-corrected chi connectivity index (χ2v) is 5.21. The van der Waals surface area contributed by atoms with Crippen molar-refractivity contribution in [3.05, 3.63) is 29.8 Å². The van der Waals surface area contributed by atoms with Crippen molar-refractivity contribution in [3.8, 4) is 6.07 Å². The Morgan fingerprint density at radius 1 is 1.40 bits per heavy atom. The van der Waals surface area contributed by atoms with Crippen LogP contribution in [0.25, 0.3) is 0 Å². The Balaban J connectivity index is 3.20. The van der Waals surface area contributed by atoms with Crippen LogP contribution in [0.15, 0.2) is 24.3 Å². The monoisotopic (exact) mass is 224 g/mol. The second kappa shape index (κ2) is 4.32. The van der Waals surface area contributed by atoms with Crippen LogP contribution in [0, 0.1) is 11.3 Å². The van der Waals surface area contributed by atoms with Gasteiger partial charge in [-0.15, -0.1) is 0 Å². The molecule has 0 aliphatic carbocycles. The third-order valence-corrected chi connectivity index (χ3v) is 3.29. The Bertz CT molecular complexity index is 488. The van der Waals surface area contributed by atoms with Crippen molar-refractivity contribution in [1.29, 1.82) is 5.26 Å². The molecule has 4 nitrogen and oxygen atoms in total. The zero-order valence-corrected chi connectivity index (χ0v) is 9.45. The van der Waals surface area contributed by atoms with Gasteiger partial charge in [0.1, 0.15) is 0 Å². The Morgan fingerprint density at radius 2 is 2.00 bits per heavy atom. The number of anilines is 1. The van der Waals surface area contributed by atoms with Crippen molar-refractivity contribution in [1.82, 2.24) is 0 Å². The van der Waals surface area contributed by atoms with Gasteiger partial charge in [0, 0.05) is 7.05 Å². The van der Waals surface area contributed by atoms with Crippen LogP contribution in [-0.4, -0.2) is 21.7 Å². The van der Waals surface area contributed by atoms with E-state index >= 15 is 0 Å². The molecule has 0 amide bonds. The summed E-state index contributed by atoms with van der Waals surface area (Å²) in [5.41, 5.74) is 1.27. The number of hydrogen-bond acceptors (Lipinski definition) is 3. The van der Waals surface area contributed by atoms with Gasteiger partial charge in [0.15, 0.2) is 0 Å². The Kier molecular flexibility index (Phi) is 3.32. The summed E-state index contributed by atoms with van der Waals surface area (Å²) in [7, 11) is -1.80. The highest BCUT2D eigenvalue weighted by Gasteiger charge is 2.14. The van der Waals surface area contributed by atoms with Crippen LogP contribution in [0.3, 0.4) is 0 Å². The molecule has 0 saturated heterocycles. The van der Waals surface area contributed by atoms with Gasteiger partial charge < -0.3 is 0 Å². The van der Waals surface area contributed by atoms with Crippen LogP contribution in [0.2, 0.25) is 0 Å². The van der Waals surface area contributed by atoms with E-state index in [2.05, 4.69) is 0 Å². The predicted octanol–water partition coefficient (Wildman–Crippen LogP) is 1.15. The maximum atomic E-state index is 11.3. The smallest absolute Gasteiger partial charge is 0.232 e. The molecule has 0 unspecified atom stereocenters. The van der Waals surface area contributed by atoms with Crippen LogP contribution < -0.4 is 4.31 Å². The SMILES string of the molecule is CN(c1ccccc1CC#N)S(C)(=O)=O. The highest BCUT2D eigenvalue weighted by molar-refractivity contribution is 7.92. The van der Waals surface area contributed by atoms with E-state index < -0.39 is 10.0 Å². The average Bonchev–Trinajstić information content (AvgIpc) is 2.17.